The first-order valence-corrected chi connectivity index (χ1v) is 9.17. The lowest BCUT2D eigenvalue weighted by Gasteiger charge is -2.24. The Labute approximate surface area is 152 Å². The molecule has 134 valence electrons. The highest BCUT2D eigenvalue weighted by Gasteiger charge is 2.16. The van der Waals surface area contributed by atoms with E-state index in [4.69, 9.17) is 0 Å². The SMILES string of the molecule is CCCC(=O)N(CCc1ccccn1)Cc1ccc(C(C)(C)C)cc1. The largest absolute Gasteiger partial charge is 0.338 e. The Morgan fingerprint density at radius 3 is 2.36 bits per heavy atom. The lowest BCUT2D eigenvalue weighted by molar-refractivity contribution is -0.131. The standard InChI is InChI=1S/C22H30N2O/c1-5-8-21(25)24(16-14-20-9-6-7-15-23-20)17-18-10-12-19(13-11-18)22(2,3)4/h6-7,9-13,15H,5,8,14,16-17H2,1-4H3. The van der Waals surface area contributed by atoms with Crippen LogP contribution in [0.25, 0.3) is 0 Å². The molecule has 0 saturated heterocycles. The number of carbonyl (C=O) groups excluding carboxylic acids is 1. The smallest absolute Gasteiger partial charge is 0.222 e. The third-order valence-electron chi connectivity index (χ3n) is 4.37. The van der Waals surface area contributed by atoms with Crippen molar-refractivity contribution in [2.75, 3.05) is 6.54 Å². The number of carbonyl (C=O) groups is 1. The number of benzene rings is 1. The van der Waals surface area contributed by atoms with Gasteiger partial charge in [0.15, 0.2) is 0 Å². The fourth-order valence-electron chi connectivity index (χ4n) is 2.79. The van der Waals surface area contributed by atoms with Crippen LogP contribution in [-0.2, 0) is 23.2 Å². The van der Waals surface area contributed by atoms with Crippen LogP contribution in [0.4, 0.5) is 0 Å². The van der Waals surface area contributed by atoms with Gasteiger partial charge in [0.25, 0.3) is 0 Å². The number of hydrogen-bond donors (Lipinski definition) is 0. The van der Waals surface area contributed by atoms with Crippen molar-refractivity contribution in [2.24, 2.45) is 0 Å². The normalized spacial score (nSPS) is 11.4. The Balaban J connectivity index is 2.06. The zero-order chi connectivity index (χ0) is 18.3. The maximum Gasteiger partial charge on any atom is 0.222 e. The molecule has 3 nitrogen and oxygen atoms in total. The summed E-state index contributed by atoms with van der Waals surface area (Å²) in [6.45, 7) is 10.1. The molecule has 3 heteroatoms. The van der Waals surface area contributed by atoms with Crippen molar-refractivity contribution in [1.29, 1.82) is 0 Å². The van der Waals surface area contributed by atoms with E-state index in [0.29, 0.717) is 19.5 Å². The molecule has 0 fully saturated rings. The Bertz CT molecular complexity index is 657. The van der Waals surface area contributed by atoms with Gasteiger partial charge in [-0.15, -0.1) is 0 Å². The second kappa shape index (κ2) is 8.80. The minimum atomic E-state index is 0.148. The number of aromatic nitrogens is 1. The quantitative estimate of drug-likeness (QED) is 0.730. The molecule has 0 unspecified atom stereocenters. The van der Waals surface area contributed by atoms with Crippen LogP contribution in [0, 0.1) is 0 Å². The molecule has 0 aliphatic heterocycles. The number of amides is 1. The van der Waals surface area contributed by atoms with Crippen molar-refractivity contribution >= 4 is 5.91 Å². The van der Waals surface area contributed by atoms with E-state index in [0.717, 1.165) is 18.5 Å². The highest BCUT2D eigenvalue weighted by atomic mass is 16.2. The first-order valence-electron chi connectivity index (χ1n) is 9.17. The molecule has 1 amide bonds. The van der Waals surface area contributed by atoms with Crippen LogP contribution in [0.15, 0.2) is 48.7 Å². The first-order chi connectivity index (χ1) is 11.9. The van der Waals surface area contributed by atoms with Crippen molar-refractivity contribution in [1.82, 2.24) is 9.88 Å². The summed E-state index contributed by atoms with van der Waals surface area (Å²) in [5, 5.41) is 0. The van der Waals surface area contributed by atoms with Crippen molar-refractivity contribution < 1.29 is 4.79 Å². The highest BCUT2D eigenvalue weighted by Crippen LogP contribution is 2.22. The van der Waals surface area contributed by atoms with E-state index < -0.39 is 0 Å². The third-order valence-corrected chi connectivity index (χ3v) is 4.37. The summed E-state index contributed by atoms with van der Waals surface area (Å²) in [4.78, 5) is 18.8. The fourth-order valence-corrected chi connectivity index (χ4v) is 2.79. The van der Waals surface area contributed by atoms with Gasteiger partial charge in [-0.25, -0.2) is 0 Å². The maximum absolute atomic E-state index is 12.5. The van der Waals surface area contributed by atoms with Gasteiger partial charge < -0.3 is 4.90 Å². The number of nitrogens with zero attached hydrogens (tertiary/aromatic N) is 2. The van der Waals surface area contributed by atoms with E-state index in [1.807, 2.05) is 30.0 Å². The topological polar surface area (TPSA) is 33.2 Å². The second-order valence-electron chi connectivity index (χ2n) is 7.58. The molecule has 2 aromatic rings. The zero-order valence-electron chi connectivity index (χ0n) is 16.0. The molecule has 1 aromatic carbocycles. The molecule has 0 bridgehead atoms. The molecule has 0 N–H and O–H groups in total. The molecule has 0 radical (unpaired) electrons. The summed E-state index contributed by atoms with van der Waals surface area (Å²) in [6.07, 6.45) is 4.07. The van der Waals surface area contributed by atoms with E-state index in [9.17, 15) is 4.79 Å². The van der Waals surface area contributed by atoms with Crippen molar-refractivity contribution in [2.45, 2.75) is 58.9 Å². The van der Waals surface area contributed by atoms with Gasteiger partial charge in [0.2, 0.25) is 5.91 Å². The predicted octanol–water partition coefficient (Wildman–Crippen LogP) is 4.75. The van der Waals surface area contributed by atoms with Crippen LogP contribution in [0.2, 0.25) is 0 Å². The molecular formula is C22H30N2O. The van der Waals surface area contributed by atoms with Gasteiger partial charge in [-0.05, 0) is 35.1 Å². The molecule has 0 spiro atoms. The van der Waals surface area contributed by atoms with Gasteiger partial charge in [0, 0.05) is 37.8 Å². The minimum absolute atomic E-state index is 0.148. The highest BCUT2D eigenvalue weighted by molar-refractivity contribution is 5.76. The molecule has 0 atom stereocenters. The lowest BCUT2D eigenvalue weighted by atomic mass is 9.87. The molecule has 0 saturated carbocycles. The lowest BCUT2D eigenvalue weighted by Crippen LogP contribution is -2.32. The van der Waals surface area contributed by atoms with Crippen LogP contribution in [0.3, 0.4) is 0 Å². The Kier molecular flexibility index (Phi) is 6.74. The first kappa shape index (κ1) is 19.2. The summed E-state index contributed by atoms with van der Waals surface area (Å²) in [6, 6.07) is 14.6. The summed E-state index contributed by atoms with van der Waals surface area (Å²) in [5.74, 6) is 0.221. The van der Waals surface area contributed by atoms with Crippen molar-refractivity contribution in [3.63, 3.8) is 0 Å². The minimum Gasteiger partial charge on any atom is -0.338 e. The molecule has 25 heavy (non-hydrogen) atoms. The van der Waals surface area contributed by atoms with E-state index >= 15 is 0 Å². The molecular weight excluding hydrogens is 308 g/mol. The van der Waals surface area contributed by atoms with Crippen molar-refractivity contribution in [3.05, 3.63) is 65.5 Å². The van der Waals surface area contributed by atoms with Gasteiger partial charge in [0.1, 0.15) is 0 Å². The number of hydrogen-bond acceptors (Lipinski definition) is 2. The van der Waals surface area contributed by atoms with Crippen LogP contribution >= 0.6 is 0 Å². The van der Waals surface area contributed by atoms with Crippen molar-refractivity contribution in [3.8, 4) is 0 Å². The Hall–Kier alpha value is -2.16. The van der Waals surface area contributed by atoms with Gasteiger partial charge in [0.05, 0.1) is 0 Å². The van der Waals surface area contributed by atoms with Gasteiger partial charge in [-0.3, -0.25) is 9.78 Å². The van der Waals surface area contributed by atoms with Gasteiger partial charge >= 0.3 is 0 Å². The zero-order valence-corrected chi connectivity index (χ0v) is 16.0. The maximum atomic E-state index is 12.5. The average Bonchev–Trinajstić information content (AvgIpc) is 2.59. The monoisotopic (exact) mass is 338 g/mol. The van der Waals surface area contributed by atoms with Gasteiger partial charge in [-0.2, -0.15) is 0 Å². The summed E-state index contributed by atoms with van der Waals surface area (Å²) in [5.41, 5.74) is 3.67. The summed E-state index contributed by atoms with van der Waals surface area (Å²) >= 11 is 0. The second-order valence-corrected chi connectivity index (χ2v) is 7.58. The fraction of sp³-hybridized carbons (Fsp3) is 0.455. The van der Waals surface area contributed by atoms with Crippen LogP contribution in [0.1, 0.15) is 57.4 Å². The summed E-state index contributed by atoms with van der Waals surface area (Å²) < 4.78 is 0. The van der Waals surface area contributed by atoms with Crippen LogP contribution in [-0.4, -0.2) is 22.3 Å². The Morgan fingerprint density at radius 1 is 1.08 bits per heavy atom. The average molecular weight is 338 g/mol. The molecule has 0 aliphatic carbocycles. The molecule has 2 rings (SSSR count). The summed E-state index contributed by atoms with van der Waals surface area (Å²) in [7, 11) is 0. The molecule has 1 aromatic heterocycles. The van der Waals surface area contributed by atoms with E-state index in [2.05, 4.69) is 50.0 Å². The van der Waals surface area contributed by atoms with E-state index in [1.165, 1.54) is 11.1 Å². The molecule has 0 aliphatic rings. The van der Waals surface area contributed by atoms with E-state index in [-0.39, 0.29) is 11.3 Å². The third kappa shape index (κ3) is 6.00. The number of rotatable bonds is 7. The Morgan fingerprint density at radius 2 is 1.80 bits per heavy atom. The van der Waals surface area contributed by atoms with E-state index in [1.54, 1.807) is 6.20 Å². The van der Waals surface area contributed by atoms with Crippen LogP contribution < -0.4 is 0 Å². The number of pyridine rings is 1. The predicted molar refractivity (Wildman–Crippen MR) is 103 cm³/mol. The van der Waals surface area contributed by atoms with Gasteiger partial charge in [-0.1, -0.05) is 58.0 Å². The molecule has 1 heterocycles. The van der Waals surface area contributed by atoms with Crippen LogP contribution in [0.5, 0.6) is 0 Å².